The second kappa shape index (κ2) is 14.1. The lowest BCUT2D eigenvalue weighted by atomic mass is 10.1. The Morgan fingerprint density at radius 3 is 1.98 bits per heavy atom. The minimum absolute atomic E-state index is 0.0162. The molecule has 5 heterocycles. The summed E-state index contributed by atoms with van der Waals surface area (Å²) in [7, 11) is 2.06. The molecule has 12 heteroatoms. The van der Waals surface area contributed by atoms with Gasteiger partial charge in [0.1, 0.15) is 11.6 Å². The summed E-state index contributed by atoms with van der Waals surface area (Å²) in [5, 5.41) is 5.77. The number of aromatic nitrogens is 2. The van der Waals surface area contributed by atoms with E-state index < -0.39 is 0 Å². The molecule has 3 amide bonds. The second-order valence-electron chi connectivity index (χ2n) is 13.5. The lowest BCUT2D eigenvalue weighted by molar-refractivity contribution is -0.0174. The number of anilines is 4. The van der Waals surface area contributed by atoms with Crippen molar-refractivity contribution in [1.82, 2.24) is 19.8 Å². The van der Waals surface area contributed by atoms with Gasteiger partial charge in [-0.3, -0.25) is 4.79 Å². The number of fused-ring (bicyclic) bond motifs is 2. The quantitative estimate of drug-likeness (QED) is 0.379. The van der Waals surface area contributed by atoms with Crippen molar-refractivity contribution in [2.24, 2.45) is 0 Å². The second-order valence-corrected chi connectivity index (χ2v) is 13.5. The molecule has 2 N–H and O–H groups in total. The van der Waals surface area contributed by atoms with Crippen LogP contribution < -0.4 is 20.4 Å². The molecule has 2 aromatic carbocycles. The molecule has 2 bridgehead atoms. The van der Waals surface area contributed by atoms with Crippen molar-refractivity contribution >= 4 is 34.9 Å². The third-order valence-electron chi connectivity index (χ3n) is 9.75. The zero-order valence-electron chi connectivity index (χ0n) is 28.1. The van der Waals surface area contributed by atoms with Crippen molar-refractivity contribution in [1.29, 1.82) is 0 Å². The summed E-state index contributed by atoms with van der Waals surface area (Å²) in [6.45, 7) is 10.7. The van der Waals surface area contributed by atoms with Gasteiger partial charge < -0.3 is 39.7 Å². The number of nitrogens with one attached hydrogen (secondary N) is 2. The van der Waals surface area contributed by atoms with Crippen LogP contribution in [0, 0.1) is 0 Å². The Morgan fingerprint density at radius 1 is 0.792 bits per heavy atom. The van der Waals surface area contributed by atoms with Crippen LogP contribution in [0.25, 0.3) is 11.4 Å². The number of amides is 3. The predicted molar refractivity (Wildman–Crippen MR) is 187 cm³/mol. The molecule has 3 aromatic rings. The lowest BCUT2D eigenvalue weighted by Gasteiger charge is -2.38. The molecule has 48 heavy (non-hydrogen) atoms. The molecule has 0 saturated carbocycles. The summed E-state index contributed by atoms with van der Waals surface area (Å²) < 4.78 is 12.2. The van der Waals surface area contributed by atoms with Crippen molar-refractivity contribution in [2.45, 2.75) is 57.5 Å². The van der Waals surface area contributed by atoms with E-state index in [1.54, 1.807) is 24.3 Å². The number of ether oxygens (including phenoxy) is 2. The Hall–Kier alpha value is -4.26. The van der Waals surface area contributed by atoms with Gasteiger partial charge >= 0.3 is 6.03 Å². The SMILES string of the molecule is CCC1CN(c2cc(N3CC4CCC(C3)O4)nc(-c3ccc(NC(=O)Nc4ccc(C(=O)N5CCN(C)CC5)cc4)cc3)n2)CC(C)O1. The summed E-state index contributed by atoms with van der Waals surface area (Å²) in [4.78, 5) is 44.6. The van der Waals surface area contributed by atoms with E-state index in [2.05, 4.69) is 52.3 Å². The number of rotatable bonds is 7. The topological polar surface area (TPSA) is 115 Å². The first kappa shape index (κ1) is 32.3. The van der Waals surface area contributed by atoms with Crippen LogP contribution in [0.2, 0.25) is 0 Å². The highest BCUT2D eigenvalue weighted by molar-refractivity contribution is 6.00. The van der Waals surface area contributed by atoms with Crippen LogP contribution in [0.1, 0.15) is 43.5 Å². The average molecular weight is 655 g/mol. The van der Waals surface area contributed by atoms with E-state index >= 15 is 0 Å². The molecule has 4 aliphatic rings. The van der Waals surface area contributed by atoms with Crippen LogP contribution in [0.3, 0.4) is 0 Å². The normalized spacial score (nSPS) is 24.4. The highest BCUT2D eigenvalue weighted by Crippen LogP contribution is 2.32. The monoisotopic (exact) mass is 654 g/mol. The molecule has 4 unspecified atom stereocenters. The first-order valence-electron chi connectivity index (χ1n) is 17.3. The number of hydrogen-bond acceptors (Lipinski definition) is 9. The summed E-state index contributed by atoms with van der Waals surface area (Å²) >= 11 is 0. The van der Waals surface area contributed by atoms with Gasteiger partial charge in [-0.15, -0.1) is 0 Å². The standard InChI is InChI=1S/C36H46N8O4/c1-4-29-21-43(20-24(2)47-29)32-19-33(44-22-30-13-14-31(23-44)48-30)40-34(39-32)25-5-9-27(10-6-25)37-36(46)38-28-11-7-26(8-12-28)35(45)42-17-15-41(3)16-18-42/h5-12,19,24,29-31H,4,13-18,20-23H2,1-3H3,(H2,37,38,46). The Kier molecular flexibility index (Phi) is 9.47. The Bertz CT molecular complexity index is 1580. The first-order chi connectivity index (χ1) is 23.3. The number of benzene rings is 2. The van der Waals surface area contributed by atoms with Crippen LogP contribution in [0.15, 0.2) is 54.6 Å². The van der Waals surface area contributed by atoms with Gasteiger partial charge in [0.25, 0.3) is 5.91 Å². The molecule has 254 valence electrons. The number of urea groups is 1. The number of likely N-dealkylation sites (N-methyl/N-ethyl adjacent to an activating group) is 1. The fourth-order valence-corrected chi connectivity index (χ4v) is 7.02. The van der Waals surface area contributed by atoms with Gasteiger partial charge in [0.15, 0.2) is 5.82 Å². The molecule has 4 fully saturated rings. The molecule has 4 atom stereocenters. The van der Waals surface area contributed by atoms with Gasteiger partial charge in [-0.2, -0.15) is 0 Å². The van der Waals surface area contributed by atoms with Crippen molar-refractivity contribution in [3.63, 3.8) is 0 Å². The van der Waals surface area contributed by atoms with Crippen molar-refractivity contribution in [3.05, 3.63) is 60.2 Å². The summed E-state index contributed by atoms with van der Waals surface area (Å²) in [5.74, 6) is 2.48. The number of carbonyl (C=O) groups excluding carboxylic acids is 2. The fourth-order valence-electron chi connectivity index (χ4n) is 7.02. The van der Waals surface area contributed by atoms with Crippen molar-refractivity contribution < 1.29 is 19.1 Å². The van der Waals surface area contributed by atoms with Gasteiger partial charge in [-0.25, -0.2) is 14.8 Å². The van der Waals surface area contributed by atoms with E-state index in [1.165, 1.54) is 0 Å². The smallest absolute Gasteiger partial charge is 0.323 e. The van der Waals surface area contributed by atoms with Crippen molar-refractivity contribution in [3.8, 4) is 11.4 Å². The number of piperazine rings is 1. The number of morpholine rings is 2. The van der Waals surface area contributed by atoms with E-state index in [9.17, 15) is 9.59 Å². The van der Waals surface area contributed by atoms with E-state index in [0.29, 0.717) is 22.8 Å². The molecule has 4 saturated heterocycles. The molecule has 0 spiro atoms. The van der Waals surface area contributed by atoms with Crippen LogP contribution in [0.5, 0.6) is 0 Å². The summed E-state index contributed by atoms with van der Waals surface area (Å²) in [6, 6.07) is 16.4. The maximum atomic E-state index is 12.9. The molecule has 12 nitrogen and oxygen atoms in total. The molecule has 0 aliphatic carbocycles. The number of hydrogen-bond donors (Lipinski definition) is 2. The highest BCUT2D eigenvalue weighted by atomic mass is 16.5. The maximum Gasteiger partial charge on any atom is 0.323 e. The van der Waals surface area contributed by atoms with Gasteiger partial charge in [-0.05, 0) is 81.8 Å². The lowest BCUT2D eigenvalue weighted by Crippen LogP contribution is -2.47. The van der Waals surface area contributed by atoms with Gasteiger partial charge in [0.05, 0.1) is 24.4 Å². The number of carbonyl (C=O) groups is 2. The predicted octanol–water partition coefficient (Wildman–Crippen LogP) is 4.55. The van der Waals surface area contributed by atoms with Gasteiger partial charge in [-0.1, -0.05) is 6.92 Å². The molecule has 7 rings (SSSR count). The van der Waals surface area contributed by atoms with Crippen LogP contribution >= 0.6 is 0 Å². The average Bonchev–Trinajstić information content (AvgIpc) is 3.45. The van der Waals surface area contributed by atoms with Crippen LogP contribution in [0.4, 0.5) is 27.8 Å². The van der Waals surface area contributed by atoms with Gasteiger partial charge in [0, 0.05) is 80.9 Å². The molecule has 0 radical (unpaired) electrons. The summed E-state index contributed by atoms with van der Waals surface area (Å²) in [5.41, 5.74) is 2.74. The Balaban J connectivity index is 1.03. The van der Waals surface area contributed by atoms with Crippen molar-refractivity contribution in [2.75, 3.05) is 79.8 Å². The third-order valence-corrected chi connectivity index (χ3v) is 9.75. The van der Waals surface area contributed by atoms with E-state index in [1.807, 2.05) is 29.2 Å². The molecular weight excluding hydrogens is 608 g/mol. The first-order valence-corrected chi connectivity index (χ1v) is 17.3. The third kappa shape index (κ3) is 7.40. The minimum Gasteiger partial charge on any atom is -0.372 e. The van der Waals surface area contributed by atoms with E-state index in [4.69, 9.17) is 19.4 Å². The van der Waals surface area contributed by atoms with E-state index in [-0.39, 0.29) is 36.4 Å². The minimum atomic E-state index is -0.365. The summed E-state index contributed by atoms with van der Waals surface area (Å²) in [6.07, 6.45) is 3.90. The Labute approximate surface area is 282 Å². The van der Waals surface area contributed by atoms with E-state index in [0.717, 1.165) is 88.8 Å². The largest absolute Gasteiger partial charge is 0.372 e. The zero-order valence-corrected chi connectivity index (χ0v) is 28.1. The molecule has 4 aliphatic heterocycles. The maximum absolute atomic E-state index is 12.9. The fraction of sp³-hybridized carbons (Fsp3) is 0.500. The van der Waals surface area contributed by atoms with Crippen LogP contribution in [-0.2, 0) is 9.47 Å². The van der Waals surface area contributed by atoms with Crippen LogP contribution in [-0.4, -0.2) is 116 Å². The molecule has 1 aromatic heterocycles. The zero-order chi connectivity index (χ0) is 33.2. The molecular formula is C36H46N8O4. The highest BCUT2D eigenvalue weighted by Gasteiger charge is 2.35. The Morgan fingerprint density at radius 2 is 1.38 bits per heavy atom. The number of nitrogens with zero attached hydrogens (tertiary/aromatic N) is 6. The van der Waals surface area contributed by atoms with Gasteiger partial charge in [0.2, 0.25) is 0 Å².